The topological polar surface area (TPSA) is 15.7 Å². The van der Waals surface area contributed by atoms with Crippen molar-refractivity contribution in [2.75, 3.05) is 52.5 Å². The van der Waals surface area contributed by atoms with Gasteiger partial charge in [-0.2, -0.15) is 0 Å². The van der Waals surface area contributed by atoms with Gasteiger partial charge in [0.25, 0.3) is 0 Å². The Morgan fingerprint density at radius 3 is 2.12 bits per heavy atom. The van der Waals surface area contributed by atoms with Crippen LogP contribution in [0.25, 0.3) is 0 Å². The van der Waals surface area contributed by atoms with Crippen LogP contribution in [0.2, 0.25) is 0 Å². The van der Waals surface area contributed by atoms with Crippen molar-refractivity contribution in [2.45, 2.75) is 26.2 Å². The number of likely N-dealkylation sites (tertiary alicyclic amines) is 1. The summed E-state index contributed by atoms with van der Waals surface area (Å²) in [6, 6.07) is 0. The Hall–Kier alpha value is -0.380. The third-order valence-electron chi connectivity index (χ3n) is 3.81. The number of hydrogen-bond donors (Lipinski definition) is 0. The second-order valence-corrected chi connectivity index (χ2v) is 5.17. The van der Waals surface area contributed by atoms with Gasteiger partial charge >= 0.3 is 0 Å². The van der Waals surface area contributed by atoms with Crippen LogP contribution < -0.4 is 0 Å². The van der Waals surface area contributed by atoms with Crippen LogP contribution in [-0.4, -0.2) is 62.3 Å². The molecule has 0 spiro atoms. The van der Waals surface area contributed by atoms with E-state index in [-0.39, 0.29) is 0 Å². The molecule has 2 aliphatic heterocycles. The number of morpholine rings is 1. The highest BCUT2D eigenvalue weighted by molar-refractivity contribution is 5.06. The smallest absolute Gasteiger partial charge is 0.0594 e. The number of nitrogens with zero attached hydrogens (tertiary/aromatic N) is 2. The van der Waals surface area contributed by atoms with Crippen molar-refractivity contribution in [1.82, 2.24) is 9.80 Å². The van der Waals surface area contributed by atoms with E-state index in [1.54, 1.807) is 5.57 Å². The summed E-state index contributed by atoms with van der Waals surface area (Å²) in [6.45, 7) is 11.1. The van der Waals surface area contributed by atoms with Crippen LogP contribution in [0.3, 0.4) is 0 Å². The highest BCUT2D eigenvalue weighted by atomic mass is 16.5. The van der Waals surface area contributed by atoms with Crippen LogP contribution in [0.15, 0.2) is 11.6 Å². The number of piperidine rings is 1. The third kappa shape index (κ3) is 4.41. The minimum Gasteiger partial charge on any atom is -0.379 e. The van der Waals surface area contributed by atoms with Gasteiger partial charge < -0.3 is 4.74 Å². The molecule has 0 unspecified atom stereocenters. The molecule has 0 aromatic carbocycles. The molecule has 0 aliphatic carbocycles. The second-order valence-electron chi connectivity index (χ2n) is 5.17. The number of ether oxygens (including phenoxy) is 1. The molecule has 0 amide bonds. The lowest BCUT2D eigenvalue weighted by atomic mass is 10.1. The van der Waals surface area contributed by atoms with E-state index in [1.807, 2.05) is 0 Å². The Morgan fingerprint density at radius 1 is 0.941 bits per heavy atom. The Bertz CT molecular complexity index is 219. The van der Waals surface area contributed by atoms with Crippen molar-refractivity contribution in [1.29, 1.82) is 0 Å². The van der Waals surface area contributed by atoms with Crippen LogP contribution in [0.4, 0.5) is 0 Å². The molecule has 2 fully saturated rings. The maximum Gasteiger partial charge on any atom is 0.0594 e. The van der Waals surface area contributed by atoms with Crippen molar-refractivity contribution >= 4 is 0 Å². The van der Waals surface area contributed by atoms with Crippen LogP contribution in [-0.2, 0) is 4.74 Å². The fraction of sp³-hybridized carbons (Fsp3) is 0.857. The van der Waals surface area contributed by atoms with Gasteiger partial charge in [-0.3, -0.25) is 9.80 Å². The van der Waals surface area contributed by atoms with Crippen molar-refractivity contribution in [3.8, 4) is 0 Å². The van der Waals surface area contributed by atoms with E-state index in [2.05, 4.69) is 22.8 Å². The van der Waals surface area contributed by atoms with Gasteiger partial charge in [-0.25, -0.2) is 0 Å². The molecule has 98 valence electrons. The molecule has 0 aromatic heterocycles. The first-order valence-corrected chi connectivity index (χ1v) is 7.05. The van der Waals surface area contributed by atoms with Gasteiger partial charge in [-0.05, 0) is 38.4 Å². The average molecular weight is 238 g/mol. The zero-order chi connectivity index (χ0) is 11.9. The van der Waals surface area contributed by atoms with Crippen molar-refractivity contribution < 1.29 is 4.74 Å². The van der Waals surface area contributed by atoms with E-state index in [0.29, 0.717) is 0 Å². The molecule has 2 rings (SSSR count). The van der Waals surface area contributed by atoms with Crippen LogP contribution in [0.1, 0.15) is 26.2 Å². The summed E-state index contributed by atoms with van der Waals surface area (Å²) >= 11 is 0. The molecule has 0 bridgehead atoms. The molecule has 2 saturated heterocycles. The van der Waals surface area contributed by atoms with Crippen molar-refractivity contribution in [3.05, 3.63) is 11.6 Å². The zero-order valence-electron chi connectivity index (χ0n) is 11.2. The Morgan fingerprint density at radius 2 is 1.53 bits per heavy atom. The molecule has 0 N–H and O–H groups in total. The summed E-state index contributed by atoms with van der Waals surface area (Å²) in [5.74, 6) is 0. The summed E-state index contributed by atoms with van der Waals surface area (Å²) in [4.78, 5) is 5.13. The van der Waals surface area contributed by atoms with Gasteiger partial charge in [0, 0.05) is 26.2 Å². The van der Waals surface area contributed by atoms with Crippen molar-refractivity contribution in [3.63, 3.8) is 0 Å². The SMILES string of the molecule is C/C=C(/CN1CCCCC1)CN1CCOCC1. The van der Waals surface area contributed by atoms with E-state index >= 15 is 0 Å². The van der Waals surface area contributed by atoms with Gasteiger partial charge in [0.2, 0.25) is 0 Å². The minimum absolute atomic E-state index is 0.903. The fourth-order valence-electron chi connectivity index (χ4n) is 2.68. The van der Waals surface area contributed by atoms with E-state index in [1.165, 1.54) is 38.9 Å². The predicted molar refractivity (Wildman–Crippen MR) is 71.3 cm³/mol. The predicted octanol–water partition coefficient (Wildman–Crippen LogP) is 1.75. The normalized spacial score (nSPS) is 25.1. The molecule has 2 heterocycles. The molecular formula is C14H26N2O. The largest absolute Gasteiger partial charge is 0.379 e. The van der Waals surface area contributed by atoms with Gasteiger partial charge in [0.05, 0.1) is 13.2 Å². The summed E-state index contributed by atoms with van der Waals surface area (Å²) in [6.07, 6.45) is 6.50. The lowest BCUT2D eigenvalue weighted by Crippen LogP contribution is -2.40. The third-order valence-corrected chi connectivity index (χ3v) is 3.81. The maximum absolute atomic E-state index is 5.39. The minimum atomic E-state index is 0.903. The molecule has 17 heavy (non-hydrogen) atoms. The molecule has 3 heteroatoms. The number of hydrogen-bond acceptors (Lipinski definition) is 3. The number of allylic oxidation sites excluding steroid dienone is 1. The highest BCUT2D eigenvalue weighted by Crippen LogP contribution is 2.12. The van der Waals surface area contributed by atoms with Crippen LogP contribution in [0.5, 0.6) is 0 Å². The van der Waals surface area contributed by atoms with Gasteiger partial charge in [0.1, 0.15) is 0 Å². The first-order valence-electron chi connectivity index (χ1n) is 7.05. The van der Waals surface area contributed by atoms with Gasteiger partial charge in [-0.1, -0.05) is 12.5 Å². The maximum atomic E-state index is 5.39. The van der Waals surface area contributed by atoms with Crippen LogP contribution in [0, 0.1) is 0 Å². The van der Waals surface area contributed by atoms with E-state index in [4.69, 9.17) is 4.74 Å². The van der Waals surface area contributed by atoms with Gasteiger partial charge in [-0.15, -0.1) is 0 Å². The first kappa shape index (κ1) is 13.1. The molecule has 3 nitrogen and oxygen atoms in total. The van der Waals surface area contributed by atoms with Gasteiger partial charge in [0.15, 0.2) is 0 Å². The lowest BCUT2D eigenvalue weighted by molar-refractivity contribution is 0.0414. The van der Waals surface area contributed by atoms with E-state index < -0.39 is 0 Å². The molecule has 2 aliphatic rings. The number of rotatable bonds is 4. The Balaban J connectivity index is 1.75. The summed E-state index contributed by atoms with van der Waals surface area (Å²) in [5.41, 5.74) is 1.58. The molecule has 0 radical (unpaired) electrons. The summed E-state index contributed by atoms with van der Waals surface area (Å²) < 4.78 is 5.39. The van der Waals surface area contributed by atoms with Crippen molar-refractivity contribution in [2.24, 2.45) is 0 Å². The average Bonchev–Trinajstić information content (AvgIpc) is 2.40. The van der Waals surface area contributed by atoms with E-state index in [0.717, 1.165) is 32.8 Å². The summed E-state index contributed by atoms with van der Waals surface area (Å²) in [5, 5.41) is 0. The van der Waals surface area contributed by atoms with Crippen LogP contribution >= 0.6 is 0 Å². The monoisotopic (exact) mass is 238 g/mol. The quantitative estimate of drug-likeness (QED) is 0.694. The molecule has 0 aromatic rings. The lowest BCUT2D eigenvalue weighted by Gasteiger charge is -2.31. The summed E-state index contributed by atoms with van der Waals surface area (Å²) in [7, 11) is 0. The fourth-order valence-corrected chi connectivity index (χ4v) is 2.68. The first-order chi connectivity index (χ1) is 8.38. The molecular weight excluding hydrogens is 212 g/mol. The molecule has 0 atom stereocenters. The van der Waals surface area contributed by atoms with E-state index in [9.17, 15) is 0 Å². The Kier molecular flexibility index (Phi) is 5.49. The molecule has 0 saturated carbocycles. The Labute approximate surface area is 105 Å². The second kappa shape index (κ2) is 7.14. The standard InChI is InChI=1S/C14H26N2O/c1-2-14(12-15-6-4-3-5-7-15)13-16-8-10-17-11-9-16/h2H,3-13H2,1H3/b14-2-. The zero-order valence-corrected chi connectivity index (χ0v) is 11.2. The highest BCUT2D eigenvalue weighted by Gasteiger charge is 2.15.